The van der Waals surface area contributed by atoms with Gasteiger partial charge in [0.15, 0.2) is 0 Å². The van der Waals surface area contributed by atoms with Crippen LogP contribution in [0.25, 0.3) is 0 Å². The summed E-state index contributed by atoms with van der Waals surface area (Å²) in [6.07, 6.45) is 1.74. The largest absolute Gasteiger partial charge is 0.468 e. The van der Waals surface area contributed by atoms with Crippen LogP contribution in [0.15, 0.2) is 49.2 Å². The van der Waals surface area contributed by atoms with E-state index in [-0.39, 0.29) is 5.54 Å². The van der Waals surface area contributed by atoms with Gasteiger partial charge in [0, 0.05) is 21.5 Å². The van der Waals surface area contributed by atoms with Crippen LogP contribution >= 0.6 is 27.7 Å². The molecule has 20 heavy (non-hydrogen) atoms. The molecule has 0 spiro atoms. The van der Waals surface area contributed by atoms with Gasteiger partial charge in [-0.1, -0.05) is 27.7 Å². The van der Waals surface area contributed by atoms with Crippen molar-refractivity contribution in [3.05, 3.63) is 46.3 Å². The predicted molar refractivity (Wildman–Crippen MR) is 88.3 cm³/mol. The zero-order valence-electron chi connectivity index (χ0n) is 12.3. The van der Waals surface area contributed by atoms with E-state index in [1.165, 1.54) is 15.4 Å². The zero-order chi connectivity index (χ0) is 14.8. The van der Waals surface area contributed by atoms with Gasteiger partial charge >= 0.3 is 0 Å². The van der Waals surface area contributed by atoms with Gasteiger partial charge in [0.25, 0.3) is 0 Å². The van der Waals surface area contributed by atoms with E-state index < -0.39 is 0 Å². The highest BCUT2D eigenvalue weighted by molar-refractivity contribution is 9.10. The minimum absolute atomic E-state index is 0.107. The molecule has 0 bridgehead atoms. The Morgan fingerprint density at radius 2 is 1.95 bits per heavy atom. The molecule has 2 aromatic rings. The second-order valence-corrected chi connectivity index (χ2v) is 7.80. The quantitative estimate of drug-likeness (QED) is 0.797. The SMILES string of the molecule is Cc1occc1Sc1ccc(Br)cc1CNC(C)(C)C. The molecule has 108 valence electrons. The zero-order valence-corrected chi connectivity index (χ0v) is 14.7. The van der Waals surface area contributed by atoms with Gasteiger partial charge in [-0.15, -0.1) is 0 Å². The van der Waals surface area contributed by atoms with Crippen LogP contribution in [0, 0.1) is 6.92 Å². The summed E-state index contributed by atoms with van der Waals surface area (Å²) in [7, 11) is 0. The Morgan fingerprint density at radius 3 is 2.55 bits per heavy atom. The number of hydrogen-bond acceptors (Lipinski definition) is 3. The monoisotopic (exact) mass is 353 g/mol. The molecule has 0 unspecified atom stereocenters. The molecular weight excluding hydrogens is 334 g/mol. The smallest absolute Gasteiger partial charge is 0.114 e. The second-order valence-electron chi connectivity index (χ2n) is 5.80. The highest BCUT2D eigenvalue weighted by Gasteiger charge is 2.12. The molecule has 0 saturated heterocycles. The van der Waals surface area contributed by atoms with E-state index in [4.69, 9.17) is 4.42 Å². The fraction of sp³-hybridized carbons (Fsp3) is 0.375. The van der Waals surface area contributed by atoms with Crippen LogP contribution in [0.1, 0.15) is 32.1 Å². The lowest BCUT2D eigenvalue weighted by atomic mass is 10.1. The molecule has 4 heteroatoms. The van der Waals surface area contributed by atoms with Crippen molar-refractivity contribution < 1.29 is 4.42 Å². The number of rotatable bonds is 4. The maximum atomic E-state index is 5.37. The maximum absolute atomic E-state index is 5.37. The molecule has 2 rings (SSSR count). The van der Waals surface area contributed by atoms with Crippen LogP contribution in [0.3, 0.4) is 0 Å². The van der Waals surface area contributed by atoms with E-state index in [1.807, 2.05) is 13.0 Å². The molecule has 1 aromatic heterocycles. The summed E-state index contributed by atoms with van der Waals surface area (Å²) in [6.45, 7) is 9.38. The van der Waals surface area contributed by atoms with Crippen molar-refractivity contribution in [3.8, 4) is 0 Å². The van der Waals surface area contributed by atoms with Crippen LogP contribution in [0.2, 0.25) is 0 Å². The van der Waals surface area contributed by atoms with Crippen molar-refractivity contribution in [2.75, 3.05) is 0 Å². The summed E-state index contributed by atoms with van der Waals surface area (Å²) in [5.41, 5.74) is 1.40. The molecule has 1 aromatic carbocycles. The fourth-order valence-corrected chi connectivity index (χ4v) is 3.10. The number of furan rings is 1. The number of benzene rings is 1. The third kappa shape index (κ3) is 4.40. The number of nitrogens with one attached hydrogen (secondary N) is 1. The average molecular weight is 354 g/mol. The number of aryl methyl sites for hydroxylation is 1. The van der Waals surface area contributed by atoms with E-state index in [1.54, 1.807) is 18.0 Å². The summed E-state index contributed by atoms with van der Waals surface area (Å²) in [4.78, 5) is 2.43. The summed E-state index contributed by atoms with van der Waals surface area (Å²) < 4.78 is 6.48. The molecule has 1 N–H and O–H groups in total. The molecule has 1 heterocycles. The fourth-order valence-electron chi connectivity index (χ4n) is 1.74. The Bertz CT molecular complexity index is 586. The Hall–Kier alpha value is -0.710. The van der Waals surface area contributed by atoms with Crippen LogP contribution in [0.5, 0.6) is 0 Å². The number of halogens is 1. The van der Waals surface area contributed by atoms with E-state index in [0.29, 0.717) is 0 Å². The van der Waals surface area contributed by atoms with Gasteiger partial charge in [0.05, 0.1) is 11.2 Å². The Morgan fingerprint density at radius 1 is 1.20 bits per heavy atom. The van der Waals surface area contributed by atoms with Crippen molar-refractivity contribution in [2.45, 2.75) is 49.6 Å². The van der Waals surface area contributed by atoms with Gasteiger partial charge in [-0.25, -0.2) is 0 Å². The Balaban J connectivity index is 2.21. The molecular formula is C16H20BrNOS. The van der Waals surface area contributed by atoms with E-state index in [2.05, 4.69) is 60.2 Å². The average Bonchev–Trinajstić information content (AvgIpc) is 2.74. The molecule has 2 nitrogen and oxygen atoms in total. The van der Waals surface area contributed by atoms with Gasteiger partial charge in [-0.2, -0.15) is 0 Å². The summed E-state index contributed by atoms with van der Waals surface area (Å²) in [5, 5.41) is 3.54. The normalized spacial score (nSPS) is 11.8. The molecule has 0 saturated carbocycles. The first-order valence-electron chi connectivity index (χ1n) is 6.60. The molecule has 0 radical (unpaired) electrons. The van der Waals surface area contributed by atoms with Crippen molar-refractivity contribution in [1.29, 1.82) is 0 Å². The topological polar surface area (TPSA) is 25.2 Å². The highest BCUT2D eigenvalue weighted by atomic mass is 79.9. The molecule has 0 aliphatic carbocycles. The van der Waals surface area contributed by atoms with E-state index in [0.717, 1.165) is 16.8 Å². The van der Waals surface area contributed by atoms with Crippen molar-refractivity contribution in [3.63, 3.8) is 0 Å². The van der Waals surface area contributed by atoms with Crippen molar-refractivity contribution in [1.82, 2.24) is 5.32 Å². The van der Waals surface area contributed by atoms with Crippen molar-refractivity contribution >= 4 is 27.7 Å². The molecule has 0 aliphatic heterocycles. The van der Waals surface area contributed by atoms with Gasteiger partial charge in [0.2, 0.25) is 0 Å². The minimum Gasteiger partial charge on any atom is -0.468 e. The van der Waals surface area contributed by atoms with Gasteiger partial charge in [-0.05, 0) is 57.5 Å². The first-order valence-corrected chi connectivity index (χ1v) is 8.21. The molecule has 0 aliphatic rings. The first kappa shape index (κ1) is 15.7. The standard InChI is InChI=1S/C16H20BrNOS/c1-11-14(7-8-19-11)20-15-6-5-13(17)9-12(15)10-18-16(2,3)4/h5-9,18H,10H2,1-4H3. The summed E-state index contributed by atoms with van der Waals surface area (Å²) in [5.74, 6) is 0.965. The summed E-state index contributed by atoms with van der Waals surface area (Å²) >= 11 is 5.31. The van der Waals surface area contributed by atoms with E-state index >= 15 is 0 Å². The van der Waals surface area contributed by atoms with Gasteiger partial charge < -0.3 is 9.73 Å². The van der Waals surface area contributed by atoms with Crippen molar-refractivity contribution in [2.24, 2.45) is 0 Å². The maximum Gasteiger partial charge on any atom is 0.114 e. The van der Waals surface area contributed by atoms with Crippen LogP contribution in [-0.2, 0) is 6.54 Å². The van der Waals surface area contributed by atoms with Crippen LogP contribution < -0.4 is 5.32 Å². The van der Waals surface area contributed by atoms with Crippen LogP contribution in [0.4, 0.5) is 0 Å². The Kier molecular flexibility index (Phi) is 4.99. The van der Waals surface area contributed by atoms with E-state index in [9.17, 15) is 0 Å². The lowest BCUT2D eigenvalue weighted by Crippen LogP contribution is -2.35. The van der Waals surface area contributed by atoms with Gasteiger partial charge in [0.1, 0.15) is 5.76 Å². The first-order chi connectivity index (χ1) is 9.35. The minimum atomic E-state index is 0.107. The molecule has 0 amide bonds. The van der Waals surface area contributed by atoms with Crippen LogP contribution in [-0.4, -0.2) is 5.54 Å². The third-order valence-corrected chi connectivity index (χ3v) is 4.62. The number of hydrogen-bond donors (Lipinski definition) is 1. The third-order valence-electron chi connectivity index (χ3n) is 2.86. The molecule has 0 fully saturated rings. The molecule has 0 atom stereocenters. The Labute approximate surface area is 133 Å². The lowest BCUT2D eigenvalue weighted by molar-refractivity contribution is 0.422. The summed E-state index contributed by atoms with van der Waals surface area (Å²) in [6, 6.07) is 8.43. The van der Waals surface area contributed by atoms with Gasteiger partial charge in [-0.3, -0.25) is 0 Å². The highest BCUT2D eigenvalue weighted by Crippen LogP contribution is 2.34. The predicted octanol–water partition coefficient (Wildman–Crippen LogP) is 5.39. The lowest BCUT2D eigenvalue weighted by Gasteiger charge is -2.21. The second kappa shape index (κ2) is 6.37.